The van der Waals surface area contributed by atoms with Crippen molar-refractivity contribution in [3.63, 3.8) is 0 Å². The van der Waals surface area contributed by atoms with E-state index in [1.54, 1.807) is 0 Å². The molecule has 0 aliphatic heterocycles. The maximum Gasteiger partial charge on any atom is 0.236 e. The zero-order valence-corrected chi connectivity index (χ0v) is 76.2. The number of pyridine rings is 2. The molecule has 13 heteroatoms. The van der Waals surface area contributed by atoms with Crippen LogP contribution in [0.5, 0.6) is 0 Å². The number of nitrogens with zero attached hydrogens (tertiary/aromatic N) is 10. The van der Waals surface area contributed by atoms with Crippen LogP contribution >= 0.6 is 34.0 Å². The van der Waals surface area contributed by atoms with E-state index in [1.807, 2.05) is 131 Å². The highest BCUT2D eigenvalue weighted by Crippen LogP contribution is 2.46. The lowest BCUT2D eigenvalue weighted by Gasteiger charge is -2.11. The molecule has 0 bridgehead atoms. The Morgan fingerprint density at radius 2 is 0.493 bits per heavy atom. The van der Waals surface area contributed by atoms with Gasteiger partial charge in [-0.15, -0.1) is 34.0 Å². The Bertz CT molecular complexity index is 9670. The Kier molecular flexibility index (Phi) is 19.4. The van der Waals surface area contributed by atoms with Gasteiger partial charge in [-0.2, -0.15) is 15.8 Å². The maximum atomic E-state index is 10.0. The van der Waals surface area contributed by atoms with E-state index in [4.69, 9.17) is 19.9 Å². The average molecular weight is 1810 g/mol. The summed E-state index contributed by atoms with van der Waals surface area (Å²) in [5.41, 5.74) is 27.5. The Morgan fingerprint density at radius 1 is 0.188 bits per heavy atom. The van der Waals surface area contributed by atoms with Crippen LogP contribution in [0.15, 0.2) is 437 Å². The highest BCUT2D eigenvalue weighted by Gasteiger charge is 2.24. The second-order valence-corrected chi connectivity index (χ2v) is 38.1. The highest BCUT2D eigenvalue weighted by molar-refractivity contribution is 7.26. The number of hydrogen-bond donors (Lipinski definition) is 0. The molecule has 9 heterocycles. The summed E-state index contributed by atoms with van der Waals surface area (Å²) in [6.45, 7) is 0. The van der Waals surface area contributed by atoms with Crippen LogP contribution in [0, 0.1) is 34.0 Å². The monoisotopic (exact) mass is 1810 g/mol. The fraction of sp³-hybridized carbons (Fsp3) is 0. The summed E-state index contributed by atoms with van der Waals surface area (Å²) in [7, 11) is 0. The summed E-state index contributed by atoms with van der Waals surface area (Å²) in [6, 6.07) is 161. The van der Waals surface area contributed by atoms with E-state index in [0.29, 0.717) is 22.8 Å². The van der Waals surface area contributed by atoms with Gasteiger partial charge in [0.2, 0.25) is 5.95 Å². The van der Waals surface area contributed by atoms with Gasteiger partial charge in [0.1, 0.15) is 11.9 Å². The topological polar surface area (TPSA) is 138 Å². The molecule has 28 rings (SSSR count). The number of benzene rings is 19. The lowest BCUT2D eigenvalue weighted by atomic mass is 9.99. The zero-order valence-electron chi connectivity index (χ0n) is 73.8. The normalized spacial score (nSPS) is 11.6. The van der Waals surface area contributed by atoms with Gasteiger partial charge < -0.3 is 4.57 Å². The third-order valence-electron chi connectivity index (χ3n) is 27.0. The zero-order chi connectivity index (χ0) is 91.6. The van der Waals surface area contributed by atoms with Crippen molar-refractivity contribution in [2.75, 3.05) is 0 Å². The molecule has 0 aliphatic carbocycles. The van der Waals surface area contributed by atoms with Gasteiger partial charge in [0.15, 0.2) is 5.69 Å². The molecule has 0 unspecified atom stereocenters. The molecule has 0 spiro atoms. The summed E-state index contributed by atoms with van der Waals surface area (Å²) < 4.78 is 14.5. The SMILES string of the molecule is N#Cc1cc(-c2ccc(-c3ccc(-n4c5ccccc5c5cc(-c6ccc7sc8ccccc8c7c6)ccc54)cc3)cc2)nc2ccccc12.N#Cc1cc(-n2c3ccc(-c4ccccc4)cc3c3cc(-c4ccc5sc6ccccc6c5c4)ccc32)nc2ccccc12.N#Cc1nc(-n2c3ccc(-c4ccccc4)cc3c3cc(-c4ccc5sc6ccccc6c5c4)ccc32)nc2ccccc12. The predicted octanol–water partition coefficient (Wildman–Crippen LogP) is 33.8. The molecule has 0 N–H and O–H groups in total. The van der Waals surface area contributed by atoms with Gasteiger partial charge in [-0.1, -0.05) is 267 Å². The fourth-order valence-electron chi connectivity index (χ4n) is 20.3. The third-order valence-corrected chi connectivity index (χ3v) is 30.4. The minimum atomic E-state index is 0.370. The summed E-state index contributed by atoms with van der Waals surface area (Å²) in [5, 5.41) is 47.1. The average Bonchev–Trinajstić information content (AvgIpc) is 1.58. The first-order valence-corrected chi connectivity index (χ1v) is 48.2. The van der Waals surface area contributed by atoms with Gasteiger partial charge in [-0.25, -0.2) is 19.9 Å². The maximum absolute atomic E-state index is 10.0. The number of para-hydroxylation sites is 4. The largest absolute Gasteiger partial charge is 0.309 e. The number of aromatic nitrogens is 7. The van der Waals surface area contributed by atoms with Crippen LogP contribution in [-0.2, 0) is 0 Å². The van der Waals surface area contributed by atoms with Crippen molar-refractivity contribution in [2.24, 2.45) is 0 Å². The minimum Gasteiger partial charge on any atom is -0.309 e. The Labute approximate surface area is 803 Å². The summed E-state index contributed by atoms with van der Waals surface area (Å²) in [5.74, 6) is 1.23. The smallest absolute Gasteiger partial charge is 0.236 e. The number of hydrogen-bond acceptors (Lipinski definition) is 10. The van der Waals surface area contributed by atoms with Crippen molar-refractivity contribution < 1.29 is 0 Å². The van der Waals surface area contributed by atoms with Crippen LogP contribution < -0.4 is 0 Å². The van der Waals surface area contributed by atoms with Crippen LogP contribution in [0.2, 0.25) is 0 Å². The number of fused-ring (bicyclic) bond motifs is 21. The second kappa shape index (κ2) is 33.2. The molecule has 0 radical (unpaired) electrons. The van der Waals surface area contributed by atoms with Gasteiger partial charge in [-0.05, 0) is 237 Å². The molecule has 10 nitrogen and oxygen atoms in total. The summed E-state index contributed by atoms with van der Waals surface area (Å²) in [4.78, 5) is 19.6. The molecule has 0 atom stereocenters. The molecule has 28 aromatic rings. The van der Waals surface area contributed by atoms with Gasteiger partial charge in [0, 0.05) is 120 Å². The molecule has 0 saturated heterocycles. The van der Waals surface area contributed by atoms with Crippen LogP contribution in [0.25, 0.3) is 254 Å². The highest BCUT2D eigenvalue weighted by atomic mass is 32.1. The lowest BCUT2D eigenvalue weighted by Crippen LogP contribution is -2.03. The van der Waals surface area contributed by atoms with E-state index in [-0.39, 0.29) is 0 Å². The van der Waals surface area contributed by atoms with Gasteiger partial charge in [0.05, 0.1) is 78.6 Å². The number of rotatable bonds is 10. The Balaban J connectivity index is 0.000000107. The van der Waals surface area contributed by atoms with Crippen molar-refractivity contribution >= 4 is 193 Å². The Morgan fingerprint density at radius 3 is 0.942 bits per heavy atom. The molecule has 0 amide bonds. The quantitative estimate of drug-likeness (QED) is 0.133. The predicted molar refractivity (Wildman–Crippen MR) is 577 cm³/mol. The molecule has 9 aromatic heterocycles. The van der Waals surface area contributed by atoms with E-state index in [1.165, 1.54) is 116 Å². The molecule has 138 heavy (non-hydrogen) atoms. The Hall–Kier alpha value is -18.1. The van der Waals surface area contributed by atoms with E-state index >= 15 is 0 Å². The van der Waals surface area contributed by atoms with E-state index in [2.05, 4.69) is 372 Å². The van der Waals surface area contributed by atoms with Crippen LogP contribution in [0.3, 0.4) is 0 Å². The first-order chi connectivity index (χ1) is 68.2. The van der Waals surface area contributed by atoms with Crippen molar-refractivity contribution in [3.05, 3.63) is 454 Å². The molecule has 640 valence electrons. The third kappa shape index (κ3) is 13.9. The molecule has 0 saturated carbocycles. The molecule has 0 fully saturated rings. The molecule has 19 aromatic carbocycles. The van der Waals surface area contributed by atoms with Crippen LogP contribution in [-0.4, -0.2) is 33.6 Å². The van der Waals surface area contributed by atoms with E-state index in [0.717, 1.165) is 132 Å². The number of thiophene rings is 3. The van der Waals surface area contributed by atoms with Crippen LogP contribution in [0.4, 0.5) is 0 Å². The van der Waals surface area contributed by atoms with E-state index in [9.17, 15) is 15.8 Å². The summed E-state index contributed by atoms with van der Waals surface area (Å²) >= 11 is 5.53. The molecular formula is C125H72N10S3. The fourth-order valence-corrected chi connectivity index (χ4v) is 23.6. The van der Waals surface area contributed by atoms with Gasteiger partial charge in [0.25, 0.3) is 0 Å². The number of nitriles is 3. The van der Waals surface area contributed by atoms with Gasteiger partial charge >= 0.3 is 0 Å². The van der Waals surface area contributed by atoms with Crippen LogP contribution in [0.1, 0.15) is 16.8 Å². The van der Waals surface area contributed by atoms with Gasteiger partial charge in [-0.3, -0.25) is 9.13 Å². The van der Waals surface area contributed by atoms with Crippen molar-refractivity contribution in [3.8, 4) is 114 Å². The summed E-state index contributed by atoms with van der Waals surface area (Å²) in [6.07, 6.45) is 0. The molecule has 0 aliphatic rings. The standard InChI is InChI=1S/C46H27N3S.C40H23N3S.C39H22N4S/c47-28-34-27-42(48-41-10-4-1-7-36(34)41)31-15-13-29(14-16-31)30-17-21-35(22-18-30)49-43-11-5-2-8-37(43)39-25-32(19-23-44(39)49)33-20-24-46-40(26-33)38-9-3-6-12-45(38)50-46;41-24-29-23-40(42-35-12-6-4-10-30(29)35)43-36-17-14-26(25-8-2-1-3-9-25)20-32(36)33-21-27(15-18-37(33)43)28-16-19-39-34(22-28)31-11-5-7-13-38(31)44-39;40-23-34-29-11-4-6-12-33(29)41-39(42-34)43-35-17-14-25(24-8-2-1-3-9-24)20-30(35)31-21-26(15-18-36(31)43)27-16-19-38-32(22-27)28-10-5-7-13-37(28)44-38/h1-27H;1-23H;1-22H. The van der Waals surface area contributed by atoms with E-state index < -0.39 is 0 Å². The molecular weight excluding hydrogens is 1740 g/mol. The minimum absolute atomic E-state index is 0.370. The second-order valence-electron chi connectivity index (χ2n) is 34.8. The van der Waals surface area contributed by atoms with Crippen molar-refractivity contribution in [1.82, 2.24) is 33.6 Å². The van der Waals surface area contributed by atoms with Crippen molar-refractivity contribution in [1.29, 1.82) is 15.8 Å². The lowest BCUT2D eigenvalue weighted by molar-refractivity contribution is 1.00. The first kappa shape index (κ1) is 80.7. The first-order valence-electron chi connectivity index (χ1n) is 45.8. The van der Waals surface area contributed by atoms with Crippen molar-refractivity contribution in [2.45, 2.75) is 0 Å².